The molecule has 0 unspecified atom stereocenters. The maximum absolute atomic E-state index is 12.1. The van der Waals surface area contributed by atoms with Crippen molar-refractivity contribution in [3.63, 3.8) is 0 Å². The van der Waals surface area contributed by atoms with Gasteiger partial charge < -0.3 is 5.32 Å². The van der Waals surface area contributed by atoms with E-state index >= 15 is 0 Å². The van der Waals surface area contributed by atoms with Gasteiger partial charge in [-0.15, -0.1) is 0 Å². The van der Waals surface area contributed by atoms with Crippen molar-refractivity contribution in [1.29, 1.82) is 0 Å². The molecule has 0 fully saturated rings. The van der Waals surface area contributed by atoms with Crippen LogP contribution in [-0.4, -0.2) is 30.4 Å². The highest BCUT2D eigenvalue weighted by atomic mass is 79.9. The standard InChI is InChI=1S/C10H9BrClN5O2S/c1-13-10-7(12)2-6(3-16-10)20(18,19)17-9-5-14-8(11)4-15-9/h2-5H,1H3,(H,13,16)(H,15,17). The monoisotopic (exact) mass is 377 g/mol. The topological polar surface area (TPSA) is 96.9 Å². The summed E-state index contributed by atoms with van der Waals surface area (Å²) in [4.78, 5) is 11.6. The molecule has 2 rings (SSSR count). The molecule has 2 aromatic rings. The zero-order chi connectivity index (χ0) is 14.8. The van der Waals surface area contributed by atoms with E-state index < -0.39 is 10.0 Å². The fourth-order valence-electron chi connectivity index (χ4n) is 1.31. The molecule has 2 aromatic heterocycles. The molecule has 0 aliphatic rings. The van der Waals surface area contributed by atoms with Crippen LogP contribution in [0.3, 0.4) is 0 Å². The van der Waals surface area contributed by atoms with Gasteiger partial charge in [0.05, 0.1) is 17.4 Å². The van der Waals surface area contributed by atoms with E-state index in [0.29, 0.717) is 10.4 Å². The van der Waals surface area contributed by atoms with Crippen LogP contribution >= 0.6 is 27.5 Å². The number of halogens is 2. The van der Waals surface area contributed by atoms with Gasteiger partial charge in [-0.2, -0.15) is 0 Å². The molecule has 0 amide bonds. The molecule has 0 radical (unpaired) electrons. The van der Waals surface area contributed by atoms with Crippen molar-refractivity contribution in [3.05, 3.63) is 34.3 Å². The lowest BCUT2D eigenvalue weighted by Crippen LogP contribution is -2.14. The summed E-state index contributed by atoms with van der Waals surface area (Å²) in [6.45, 7) is 0. The van der Waals surface area contributed by atoms with Gasteiger partial charge in [-0.1, -0.05) is 11.6 Å². The summed E-state index contributed by atoms with van der Waals surface area (Å²) >= 11 is 9.02. The van der Waals surface area contributed by atoms with Gasteiger partial charge in [0.2, 0.25) is 0 Å². The molecule has 7 nitrogen and oxygen atoms in total. The highest BCUT2D eigenvalue weighted by Crippen LogP contribution is 2.23. The molecule has 2 heterocycles. The first kappa shape index (κ1) is 14.9. The maximum Gasteiger partial charge on any atom is 0.264 e. The van der Waals surface area contributed by atoms with Crippen LogP contribution < -0.4 is 10.0 Å². The van der Waals surface area contributed by atoms with E-state index in [-0.39, 0.29) is 15.7 Å². The number of pyridine rings is 1. The molecule has 0 atom stereocenters. The smallest absolute Gasteiger partial charge is 0.264 e. The third kappa shape index (κ3) is 3.35. The van der Waals surface area contributed by atoms with Crippen molar-refractivity contribution in [1.82, 2.24) is 15.0 Å². The predicted octanol–water partition coefficient (Wildman–Crippen LogP) is 2.13. The Balaban J connectivity index is 2.30. The van der Waals surface area contributed by atoms with Gasteiger partial charge in [0.1, 0.15) is 15.3 Å². The second kappa shape index (κ2) is 5.90. The molecule has 20 heavy (non-hydrogen) atoms. The third-order valence-electron chi connectivity index (χ3n) is 2.22. The van der Waals surface area contributed by atoms with Gasteiger partial charge in [0.15, 0.2) is 5.82 Å². The highest BCUT2D eigenvalue weighted by Gasteiger charge is 2.17. The lowest BCUT2D eigenvalue weighted by Gasteiger charge is -2.08. The number of anilines is 2. The molecule has 0 aliphatic carbocycles. The summed E-state index contributed by atoms with van der Waals surface area (Å²) in [5.41, 5.74) is 0. The van der Waals surface area contributed by atoms with Crippen LogP contribution in [0.1, 0.15) is 0 Å². The Morgan fingerprint density at radius 1 is 1.20 bits per heavy atom. The number of nitrogens with zero attached hydrogens (tertiary/aromatic N) is 3. The minimum atomic E-state index is -3.82. The van der Waals surface area contributed by atoms with Crippen LogP contribution in [0.25, 0.3) is 0 Å². The van der Waals surface area contributed by atoms with Crippen molar-refractivity contribution in [2.45, 2.75) is 4.90 Å². The highest BCUT2D eigenvalue weighted by molar-refractivity contribution is 9.10. The van der Waals surface area contributed by atoms with Gasteiger partial charge in [0, 0.05) is 13.2 Å². The second-order valence-corrected chi connectivity index (χ2v) is 6.48. The Morgan fingerprint density at radius 2 is 1.95 bits per heavy atom. The van der Waals surface area contributed by atoms with Crippen molar-refractivity contribution in [2.24, 2.45) is 0 Å². The summed E-state index contributed by atoms with van der Waals surface area (Å²) in [5, 5.41) is 2.95. The summed E-state index contributed by atoms with van der Waals surface area (Å²) in [6, 6.07) is 1.30. The molecule has 10 heteroatoms. The number of sulfonamides is 1. The van der Waals surface area contributed by atoms with E-state index in [1.165, 1.54) is 24.7 Å². The van der Waals surface area contributed by atoms with Crippen molar-refractivity contribution >= 4 is 49.2 Å². The average molecular weight is 379 g/mol. The second-order valence-electron chi connectivity index (χ2n) is 3.58. The quantitative estimate of drug-likeness (QED) is 0.846. The SMILES string of the molecule is CNc1ncc(S(=O)(=O)Nc2cnc(Br)cn2)cc1Cl. The zero-order valence-electron chi connectivity index (χ0n) is 10.1. The van der Waals surface area contributed by atoms with Crippen LogP contribution in [0, 0.1) is 0 Å². The summed E-state index contributed by atoms with van der Waals surface area (Å²) in [6.07, 6.45) is 3.87. The molecule has 106 valence electrons. The number of nitrogens with one attached hydrogen (secondary N) is 2. The van der Waals surface area contributed by atoms with E-state index in [4.69, 9.17) is 11.6 Å². The van der Waals surface area contributed by atoms with Crippen molar-refractivity contribution < 1.29 is 8.42 Å². The lowest BCUT2D eigenvalue weighted by atomic mass is 10.4. The van der Waals surface area contributed by atoms with Gasteiger partial charge in [-0.3, -0.25) is 4.72 Å². The van der Waals surface area contributed by atoms with Crippen LogP contribution in [0.15, 0.2) is 34.2 Å². The number of hydrogen-bond acceptors (Lipinski definition) is 6. The molecule has 0 spiro atoms. The first-order chi connectivity index (χ1) is 9.42. The minimum absolute atomic E-state index is 0.0637. The summed E-state index contributed by atoms with van der Waals surface area (Å²) in [7, 11) is -2.18. The average Bonchev–Trinajstić information content (AvgIpc) is 2.41. The van der Waals surface area contributed by atoms with E-state index in [2.05, 4.69) is 40.9 Å². The molecule has 0 saturated heterocycles. The van der Waals surface area contributed by atoms with Gasteiger partial charge in [-0.05, 0) is 22.0 Å². The normalized spacial score (nSPS) is 11.2. The molecule has 0 saturated carbocycles. The van der Waals surface area contributed by atoms with Gasteiger partial charge in [0.25, 0.3) is 10.0 Å². The van der Waals surface area contributed by atoms with Gasteiger partial charge in [-0.25, -0.2) is 23.4 Å². The number of hydrogen-bond donors (Lipinski definition) is 2. The number of aromatic nitrogens is 3. The van der Waals surface area contributed by atoms with E-state index in [1.807, 2.05) is 0 Å². The van der Waals surface area contributed by atoms with Gasteiger partial charge >= 0.3 is 0 Å². The maximum atomic E-state index is 12.1. The fourth-order valence-corrected chi connectivity index (χ4v) is 2.81. The molecular formula is C10H9BrClN5O2S. The lowest BCUT2D eigenvalue weighted by molar-refractivity contribution is 0.600. The van der Waals surface area contributed by atoms with Crippen LogP contribution in [0.4, 0.5) is 11.6 Å². The predicted molar refractivity (Wildman–Crippen MR) is 79.3 cm³/mol. The molecule has 0 aromatic carbocycles. The fraction of sp³-hybridized carbons (Fsp3) is 0.100. The van der Waals surface area contributed by atoms with Crippen LogP contribution in [0.5, 0.6) is 0 Å². The van der Waals surface area contributed by atoms with Crippen molar-refractivity contribution in [2.75, 3.05) is 17.1 Å². The minimum Gasteiger partial charge on any atom is -0.372 e. The summed E-state index contributed by atoms with van der Waals surface area (Å²) < 4.78 is 27.0. The first-order valence-corrected chi connectivity index (χ1v) is 7.91. The van der Waals surface area contributed by atoms with Crippen LogP contribution in [-0.2, 0) is 10.0 Å². The molecule has 0 bridgehead atoms. The molecule has 2 N–H and O–H groups in total. The number of rotatable bonds is 4. The molecule has 0 aliphatic heterocycles. The third-order valence-corrected chi connectivity index (χ3v) is 4.24. The zero-order valence-corrected chi connectivity index (χ0v) is 13.3. The summed E-state index contributed by atoms with van der Waals surface area (Å²) in [5.74, 6) is 0.496. The van der Waals surface area contributed by atoms with Crippen molar-refractivity contribution in [3.8, 4) is 0 Å². The first-order valence-electron chi connectivity index (χ1n) is 5.26. The largest absolute Gasteiger partial charge is 0.372 e. The van der Waals surface area contributed by atoms with E-state index in [9.17, 15) is 8.42 Å². The Morgan fingerprint density at radius 3 is 2.50 bits per heavy atom. The van der Waals surface area contributed by atoms with E-state index in [0.717, 1.165) is 0 Å². The Bertz CT molecular complexity index is 723. The van der Waals surface area contributed by atoms with E-state index in [1.54, 1.807) is 7.05 Å². The Labute approximate surface area is 129 Å². The molecular weight excluding hydrogens is 370 g/mol. The Kier molecular flexibility index (Phi) is 4.41. The van der Waals surface area contributed by atoms with Crippen LogP contribution in [0.2, 0.25) is 5.02 Å². The Hall–Kier alpha value is -1.45.